The van der Waals surface area contributed by atoms with Crippen LogP contribution in [0.15, 0.2) is 40.9 Å². The Hall–Kier alpha value is -0.820. The fourth-order valence-electron chi connectivity index (χ4n) is 1.35. The van der Waals surface area contributed by atoms with Crippen LogP contribution >= 0.6 is 15.9 Å². The van der Waals surface area contributed by atoms with Crippen molar-refractivity contribution in [3.05, 3.63) is 52.0 Å². The van der Waals surface area contributed by atoms with Gasteiger partial charge in [0.15, 0.2) is 0 Å². The van der Waals surface area contributed by atoms with Crippen LogP contribution in [0.25, 0.3) is 6.08 Å². The molecule has 0 saturated heterocycles. The summed E-state index contributed by atoms with van der Waals surface area (Å²) in [4.78, 5) is 0. The number of benzene rings is 1. The minimum atomic E-state index is 1.00. The van der Waals surface area contributed by atoms with E-state index in [1.54, 1.807) is 0 Å². The summed E-state index contributed by atoms with van der Waals surface area (Å²) in [6, 6.07) is 8.46. The molecule has 0 saturated carbocycles. The largest absolute Gasteiger partial charge is 0.0619 e. The minimum Gasteiger partial charge on any atom is -0.0619 e. The molecule has 1 aromatic rings. The van der Waals surface area contributed by atoms with Crippen LogP contribution in [-0.2, 0) is 6.42 Å². The number of allylic oxidation sites excluding steroid dienone is 3. The predicted octanol–water partition coefficient (Wildman–Crippen LogP) is 3.53. The first-order valence-electron chi connectivity index (χ1n) is 3.97. The fourth-order valence-corrected chi connectivity index (χ4v) is 1.81. The summed E-state index contributed by atoms with van der Waals surface area (Å²) in [6.07, 6.45) is 7.32. The quantitative estimate of drug-likeness (QED) is 0.628. The molecule has 0 atom stereocenters. The van der Waals surface area contributed by atoms with E-state index in [9.17, 15) is 0 Å². The lowest BCUT2D eigenvalue weighted by molar-refractivity contribution is 1.25. The van der Waals surface area contributed by atoms with Gasteiger partial charge < -0.3 is 0 Å². The second-order valence-corrected chi connectivity index (χ2v) is 3.87. The highest BCUT2D eigenvalue weighted by molar-refractivity contribution is 9.11. The van der Waals surface area contributed by atoms with Crippen molar-refractivity contribution in [3.63, 3.8) is 0 Å². The van der Waals surface area contributed by atoms with E-state index in [1.165, 1.54) is 15.6 Å². The molecule has 1 aromatic carbocycles. The molecule has 0 spiro atoms. The lowest BCUT2D eigenvalue weighted by Gasteiger charge is -2.01. The zero-order chi connectivity index (χ0) is 8.39. The van der Waals surface area contributed by atoms with Crippen molar-refractivity contribution in [2.24, 2.45) is 0 Å². The van der Waals surface area contributed by atoms with Gasteiger partial charge in [-0.3, -0.25) is 0 Å². The molecule has 0 unspecified atom stereocenters. The molecule has 0 aliphatic heterocycles. The van der Waals surface area contributed by atoms with Crippen molar-refractivity contribution >= 4 is 22.0 Å². The zero-order valence-electron chi connectivity index (χ0n) is 6.63. The number of halogens is 1. The number of rotatable bonds is 0. The number of hydrogen-bond donors (Lipinski definition) is 0. The summed E-state index contributed by atoms with van der Waals surface area (Å²) in [5, 5.41) is 0. The molecule has 0 radical (unpaired) electrons. The van der Waals surface area contributed by atoms with Gasteiger partial charge in [-0.1, -0.05) is 58.4 Å². The van der Waals surface area contributed by atoms with Gasteiger partial charge in [0, 0.05) is 6.42 Å². The van der Waals surface area contributed by atoms with Crippen molar-refractivity contribution in [2.45, 2.75) is 6.42 Å². The van der Waals surface area contributed by atoms with Crippen LogP contribution in [0.2, 0.25) is 0 Å². The Morgan fingerprint density at radius 2 is 2.00 bits per heavy atom. The molecule has 0 fully saturated rings. The van der Waals surface area contributed by atoms with E-state index in [4.69, 9.17) is 0 Å². The molecular weight excluding hydrogens is 212 g/mol. The van der Waals surface area contributed by atoms with Gasteiger partial charge in [-0.25, -0.2) is 0 Å². The van der Waals surface area contributed by atoms with Gasteiger partial charge in [0.2, 0.25) is 0 Å². The summed E-state index contributed by atoms with van der Waals surface area (Å²) in [6.45, 7) is 0. The van der Waals surface area contributed by atoms with E-state index >= 15 is 0 Å². The van der Waals surface area contributed by atoms with Crippen LogP contribution < -0.4 is 0 Å². The number of hydrogen-bond acceptors (Lipinski definition) is 0. The van der Waals surface area contributed by atoms with Crippen molar-refractivity contribution in [2.75, 3.05) is 0 Å². The van der Waals surface area contributed by atoms with Gasteiger partial charge >= 0.3 is 0 Å². The molecule has 1 heteroatoms. The molecule has 1 aliphatic carbocycles. The molecule has 0 nitrogen and oxygen atoms in total. The SMILES string of the molecule is BrC1=CC=Cc2ccccc2C1. The molecule has 60 valence electrons. The third-order valence-corrected chi connectivity index (χ3v) is 2.51. The maximum atomic E-state index is 3.52. The first-order valence-corrected chi connectivity index (χ1v) is 4.76. The van der Waals surface area contributed by atoms with Gasteiger partial charge in [-0.05, 0) is 15.6 Å². The molecule has 0 aromatic heterocycles. The Balaban J connectivity index is 2.49. The first kappa shape index (κ1) is 7.81. The molecule has 2 rings (SSSR count). The standard InChI is InChI=1S/C11H9Br/c12-11-7-3-6-9-4-1-2-5-10(9)8-11/h1-7H,8H2. The van der Waals surface area contributed by atoms with E-state index in [1.807, 2.05) is 0 Å². The highest BCUT2D eigenvalue weighted by atomic mass is 79.9. The molecule has 0 N–H and O–H groups in total. The van der Waals surface area contributed by atoms with Crippen molar-refractivity contribution < 1.29 is 0 Å². The van der Waals surface area contributed by atoms with Gasteiger partial charge in [0.25, 0.3) is 0 Å². The van der Waals surface area contributed by atoms with E-state index in [0.29, 0.717) is 0 Å². The second-order valence-electron chi connectivity index (χ2n) is 2.85. The van der Waals surface area contributed by atoms with E-state index in [-0.39, 0.29) is 0 Å². The van der Waals surface area contributed by atoms with Crippen molar-refractivity contribution in [1.29, 1.82) is 0 Å². The average molecular weight is 221 g/mol. The summed E-state index contributed by atoms with van der Waals surface area (Å²) in [5.41, 5.74) is 2.71. The van der Waals surface area contributed by atoms with Crippen LogP contribution in [0.1, 0.15) is 11.1 Å². The summed E-state index contributed by atoms with van der Waals surface area (Å²) < 4.78 is 1.24. The Morgan fingerprint density at radius 1 is 1.17 bits per heavy atom. The number of fused-ring (bicyclic) bond motifs is 1. The fraction of sp³-hybridized carbons (Fsp3) is 0.0909. The van der Waals surface area contributed by atoms with Gasteiger partial charge in [-0.2, -0.15) is 0 Å². The minimum absolute atomic E-state index is 1.00. The van der Waals surface area contributed by atoms with E-state index in [2.05, 4.69) is 58.4 Å². The lowest BCUT2D eigenvalue weighted by Crippen LogP contribution is -1.86. The average Bonchev–Trinajstić information content (AvgIpc) is 2.25. The van der Waals surface area contributed by atoms with Crippen LogP contribution in [0.4, 0.5) is 0 Å². The van der Waals surface area contributed by atoms with Crippen LogP contribution in [0.5, 0.6) is 0 Å². The van der Waals surface area contributed by atoms with Crippen LogP contribution in [0, 0.1) is 0 Å². The highest BCUT2D eigenvalue weighted by Crippen LogP contribution is 2.21. The zero-order valence-corrected chi connectivity index (χ0v) is 8.21. The first-order chi connectivity index (χ1) is 5.86. The maximum Gasteiger partial charge on any atom is 0.00466 e. The van der Waals surface area contributed by atoms with Gasteiger partial charge in [0.05, 0.1) is 0 Å². The van der Waals surface area contributed by atoms with Gasteiger partial charge in [0.1, 0.15) is 0 Å². The van der Waals surface area contributed by atoms with E-state index in [0.717, 1.165) is 6.42 Å². The maximum absolute atomic E-state index is 3.52. The lowest BCUT2D eigenvalue weighted by atomic mass is 10.1. The van der Waals surface area contributed by atoms with Gasteiger partial charge in [-0.15, -0.1) is 0 Å². The summed E-state index contributed by atoms with van der Waals surface area (Å²) in [5.74, 6) is 0. The molecule has 0 amide bonds. The Bertz CT molecular complexity index is 348. The second kappa shape index (κ2) is 3.28. The normalized spacial score (nSPS) is 14.9. The smallest absolute Gasteiger partial charge is 0.00466 e. The third-order valence-electron chi connectivity index (χ3n) is 1.97. The topological polar surface area (TPSA) is 0 Å². The molecule has 0 bridgehead atoms. The van der Waals surface area contributed by atoms with E-state index < -0.39 is 0 Å². The van der Waals surface area contributed by atoms with Crippen LogP contribution in [0.3, 0.4) is 0 Å². The monoisotopic (exact) mass is 220 g/mol. The van der Waals surface area contributed by atoms with Crippen LogP contribution in [-0.4, -0.2) is 0 Å². The summed E-state index contributed by atoms with van der Waals surface area (Å²) in [7, 11) is 0. The highest BCUT2D eigenvalue weighted by Gasteiger charge is 2.02. The molecular formula is C11H9Br. The summed E-state index contributed by atoms with van der Waals surface area (Å²) >= 11 is 3.52. The molecule has 1 aliphatic rings. The van der Waals surface area contributed by atoms with Crippen molar-refractivity contribution in [1.82, 2.24) is 0 Å². The van der Waals surface area contributed by atoms with Crippen molar-refractivity contribution in [3.8, 4) is 0 Å². The third kappa shape index (κ3) is 1.51. The molecule has 0 heterocycles. The Morgan fingerprint density at radius 3 is 2.92 bits per heavy atom. The molecule has 12 heavy (non-hydrogen) atoms. The Labute approximate surface area is 80.7 Å². The Kier molecular flexibility index (Phi) is 2.13. The predicted molar refractivity (Wildman–Crippen MR) is 56.2 cm³/mol.